The number of aliphatic hydroxyl groups is 2. The molecule has 0 spiro atoms. The van der Waals surface area contributed by atoms with Gasteiger partial charge in [0.15, 0.2) is 0 Å². The lowest BCUT2D eigenvalue weighted by molar-refractivity contribution is 0.0301. The van der Waals surface area contributed by atoms with Crippen LogP contribution in [0.1, 0.15) is 31.2 Å². The zero-order chi connectivity index (χ0) is 18.8. The number of aliphatic hydroxyl groups excluding tert-OH is 2. The molecule has 1 aromatic rings. The smallest absolute Gasteiger partial charge is 0.118 e. The van der Waals surface area contributed by atoms with Crippen molar-refractivity contribution < 1.29 is 19.7 Å². The van der Waals surface area contributed by atoms with Crippen LogP contribution in [-0.4, -0.2) is 36.6 Å². The summed E-state index contributed by atoms with van der Waals surface area (Å²) in [5.41, 5.74) is 1.13. The zero-order valence-corrected chi connectivity index (χ0v) is 17.5. The van der Waals surface area contributed by atoms with Gasteiger partial charge in [-0.25, -0.2) is 0 Å². The van der Waals surface area contributed by atoms with Crippen molar-refractivity contribution in [3.05, 3.63) is 51.6 Å². The molecule has 0 radical (unpaired) electrons. The van der Waals surface area contributed by atoms with E-state index in [1.54, 1.807) is 7.11 Å². The Morgan fingerprint density at radius 1 is 1.31 bits per heavy atom. The van der Waals surface area contributed by atoms with Crippen molar-refractivity contribution in [3.63, 3.8) is 0 Å². The quantitative estimate of drug-likeness (QED) is 0.395. The molecule has 2 N–H and O–H groups in total. The lowest BCUT2D eigenvalue weighted by atomic mass is 9.89. The molecule has 0 heterocycles. The third-order valence-corrected chi connectivity index (χ3v) is 5.61. The normalized spacial score (nSPS) is 22.1. The second kappa shape index (κ2) is 11.7. The van der Waals surface area contributed by atoms with Gasteiger partial charge in [0.2, 0.25) is 0 Å². The summed E-state index contributed by atoms with van der Waals surface area (Å²) >= 11 is 2.10. The highest BCUT2D eigenvalue weighted by Crippen LogP contribution is 2.35. The summed E-state index contributed by atoms with van der Waals surface area (Å²) < 4.78 is 12.0. The Kier molecular flexibility index (Phi) is 9.67. The van der Waals surface area contributed by atoms with E-state index in [9.17, 15) is 5.11 Å². The van der Waals surface area contributed by atoms with Gasteiger partial charge in [-0.3, -0.25) is 0 Å². The van der Waals surface area contributed by atoms with Crippen LogP contribution >= 0.6 is 22.6 Å². The number of rotatable bonds is 10. The molecule has 0 amide bonds. The predicted molar refractivity (Wildman–Crippen MR) is 112 cm³/mol. The highest BCUT2D eigenvalue weighted by Gasteiger charge is 2.32. The number of hydrogen-bond donors (Lipinski definition) is 2. The molecular formula is C21H29IO4. The van der Waals surface area contributed by atoms with Crippen LogP contribution in [0.5, 0.6) is 5.75 Å². The maximum absolute atomic E-state index is 10.5. The third kappa shape index (κ3) is 7.02. The Morgan fingerprint density at radius 3 is 2.77 bits per heavy atom. The average Bonchev–Trinajstić information content (AvgIpc) is 3.14. The van der Waals surface area contributed by atoms with Crippen molar-refractivity contribution in [1.29, 1.82) is 0 Å². The van der Waals surface area contributed by atoms with E-state index in [4.69, 9.17) is 14.6 Å². The van der Waals surface area contributed by atoms with E-state index in [1.165, 1.54) is 0 Å². The topological polar surface area (TPSA) is 58.9 Å². The number of allylic oxidation sites excluding steroid dienone is 2. The standard InChI is InChI=1S/C21H29IO4/c1-25-19-11-9-16(10-12-19)14-26-15-17-5-4-7-20(17)21(24)8-3-2-6-18(22)13-23/h2-3,6,9-12,17,20-21,23-24H,4-5,7-8,13-15H2,1H3/b3-2+,18-6-/t17-,20+,21-/m0/s1. The minimum Gasteiger partial charge on any atom is -0.497 e. The third-order valence-electron chi connectivity index (χ3n) is 4.91. The molecule has 0 aromatic heterocycles. The van der Waals surface area contributed by atoms with Crippen LogP contribution in [0.2, 0.25) is 0 Å². The molecule has 1 aliphatic carbocycles. The van der Waals surface area contributed by atoms with Gasteiger partial charge in [0, 0.05) is 3.58 Å². The molecule has 1 aromatic carbocycles. The van der Waals surface area contributed by atoms with Gasteiger partial charge >= 0.3 is 0 Å². The minimum atomic E-state index is -0.330. The summed E-state index contributed by atoms with van der Waals surface area (Å²) in [4.78, 5) is 0. The molecule has 26 heavy (non-hydrogen) atoms. The van der Waals surface area contributed by atoms with Crippen LogP contribution in [0.15, 0.2) is 46.1 Å². The molecule has 5 heteroatoms. The summed E-state index contributed by atoms with van der Waals surface area (Å²) in [6, 6.07) is 7.93. The van der Waals surface area contributed by atoms with Crippen LogP contribution in [0, 0.1) is 11.8 Å². The van der Waals surface area contributed by atoms with Gasteiger partial charge in [-0.05, 0) is 71.4 Å². The van der Waals surface area contributed by atoms with E-state index in [-0.39, 0.29) is 12.7 Å². The maximum Gasteiger partial charge on any atom is 0.118 e. The highest BCUT2D eigenvalue weighted by molar-refractivity contribution is 14.1. The second-order valence-corrected chi connectivity index (χ2v) is 8.11. The van der Waals surface area contributed by atoms with Crippen LogP contribution < -0.4 is 4.74 Å². The first kappa shape index (κ1) is 21.4. The highest BCUT2D eigenvalue weighted by atomic mass is 127. The van der Waals surface area contributed by atoms with Crippen LogP contribution in [0.3, 0.4) is 0 Å². The Balaban J connectivity index is 1.75. The molecule has 1 saturated carbocycles. The van der Waals surface area contributed by atoms with Crippen LogP contribution in [0.25, 0.3) is 0 Å². The van der Waals surface area contributed by atoms with Crippen molar-refractivity contribution in [2.45, 2.75) is 38.4 Å². The monoisotopic (exact) mass is 472 g/mol. The van der Waals surface area contributed by atoms with Gasteiger partial charge in [0.1, 0.15) is 5.75 Å². The Hall–Kier alpha value is -0.890. The van der Waals surface area contributed by atoms with E-state index in [0.29, 0.717) is 31.5 Å². The first-order valence-corrected chi connectivity index (χ1v) is 10.2. The van der Waals surface area contributed by atoms with Crippen molar-refractivity contribution in [2.75, 3.05) is 20.3 Å². The Bertz CT molecular complexity index is 582. The number of halogens is 1. The summed E-state index contributed by atoms with van der Waals surface area (Å²) in [5, 5.41) is 19.5. The van der Waals surface area contributed by atoms with Gasteiger partial charge < -0.3 is 19.7 Å². The lowest BCUT2D eigenvalue weighted by Crippen LogP contribution is -2.26. The van der Waals surface area contributed by atoms with E-state index in [1.807, 2.05) is 42.5 Å². The fourth-order valence-corrected chi connectivity index (χ4v) is 3.65. The molecule has 2 rings (SSSR count). The molecule has 1 aliphatic rings. The molecule has 3 atom stereocenters. The van der Waals surface area contributed by atoms with Crippen molar-refractivity contribution in [3.8, 4) is 5.75 Å². The summed E-state index contributed by atoms with van der Waals surface area (Å²) in [6.45, 7) is 1.34. The van der Waals surface area contributed by atoms with Gasteiger partial charge in [0.25, 0.3) is 0 Å². The summed E-state index contributed by atoms with van der Waals surface area (Å²) in [6.07, 6.45) is 9.42. The molecule has 0 unspecified atom stereocenters. The lowest BCUT2D eigenvalue weighted by Gasteiger charge is -2.24. The molecule has 0 saturated heterocycles. The number of benzene rings is 1. The van der Waals surface area contributed by atoms with Gasteiger partial charge in [-0.15, -0.1) is 0 Å². The summed E-state index contributed by atoms with van der Waals surface area (Å²) in [5.74, 6) is 1.57. The van der Waals surface area contributed by atoms with Gasteiger partial charge in [0.05, 0.1) is 33.0 Å². The minimum absolute atomic E-state index is 0.0592. The molecular weight excluding hydrogens is 443 g/mol. The molecule has 0 aliphatic heterocycles. The number of hydrogen-bond acceptors (Lipinski definition) is 4. The predicted octanol–water partition coefficient (Wildman–Crippen LogP) is 4.25. The van der Waals surface area contributed by atoms with Crippen molar-refractivity contribution >= 4 is 22.6 Å². The number of methoxy groups -OCH3 is 1. The average molecular weight is 472 g/mol. The fraction of sp³-hybridized carbons (Fsp3) is 0.524. The van der Waals surface area contributed by atoms with E-state index < -0.39 is 0 Å². The van der Waals surface area contributed by atoms with E-state index in [0.717, 1.165) is 34.2 Å². The zero-order valence-electron chi connectivity index (χ0n) is 15.3. The molecule has 144 valence electrons. The van der Waals surface area contributed by atoms with Crippen LogP contribution in [0.4, 0.5) is 0 Å². The second-order valence-electron chi connectivity index (χ2n) is 6.72. The first-order valence-electron chi connectivity index (χ1n) is 9.14. The summed E-state index contributed by atoms with van der Waals surface area (Å²) in [7, 11) is 1.66. The van der Waals surface area contributed by atoms with Crippen molar-refractivity contribution in [2.24, 2.45) is 11.8 Å². The fourth-order valence-electron chi connectivity index (χ4n) is 3.45. The van der Waals surface area contributed by atoms with Crippen molar-refractivity contribution in [1.82, 2.24) is 0 Å². The first-order chi connectivity index (χ1) is 12.6. The largest absolute Gasteiger partial charge is 0.497 e. The molecule has 4 nitrogen and oxygen atoms in total. The maximum atomic E-state index is 10.5. The van der Waals surface area contributed by atoms with Gasteiger partial charge in [-0.1, -0.05) is 36.8 Å². The van der Waals surface area contributed by atoms with Gasteiger partial charge in [-0.2, -0.15) is 0 Å². The SMILES string of the molecule is COc1ccc(COC[C@@H]2CCC[C@H]2[C@@H](O)C/C=C/C=C(\I)CO)cc1. The van der Waals surface area contributed by atoms with Crippen LogP contribution in [-0.2, 0) is 11.3 Å². The number of ether oxygens (including phenoxy) is 2. The Morgan fingerprint density at radius 2 is 2.08 bits per heavy atom. The molecule has 1 fully saturated rings. The van der Waals surface area contributed by atoms with E-state index >= 15 is 0 Å². The molecule has 0 bridgehead atoms. The van der Waals surface area contributed by atoms with E-state index in [2.05, 4.69) is 22.6 Å². The Labute approximate surface area is 170 Å².